The average molecular weight is 351 g/mol. The summed E-state index contributed by atoms with van der Waals surface area (Å²) < 4.78 is 1.93. The fraction of sp³-hybridized carbons (Fsp3) is 0.250. The number of hydrogen-bond acceptors (Lipinski definition) is 4. The van der Waals surface area contributed by atoms with Crippen LogP contribution in [0.5, 0.6) is 0 Å². The molecule has 1 heterocycles. The highest BCUT2D eigenvalue weighted by Gasteiger charge is 2.20. The third-order valence-corrected chi connectivity index (χ3v) is 5.30. The van der Waals surface area contributed by atoms with Gasteiger partial charge in [0.25, 0.3) is 0 Å². The summed E-state index contributed by atoms with van der Waals surface area (Å²) in [6, 6.07) is 17.8. The van der Waals surface area contributed by atoms with Crippen molar-refractivity contribution in [2.24, 2.45) is 7.05 Å². The van der Waals surface area contributed by atoms with E-state index in [4.69, 9.17) is 0 Å². The maximum atomic E-state index is 12.7. The second kappa shape index (κ2) is 7.66. The van der Waals surface area contributed by atoms with Gasteiger partial charge in [-0.1, -0.05) is 73.3 Å². The number of aryl methyl sites for hydroxylation is 1. The van der Waals surface area contributed by atoms with Gasteiger partial charge in [-0.25, -0.2) is 0 Å². The molecule has 1 unspecified atom stereocenters. The molecule has 1 aromatic heterocycles. The molecule has 2 aromatic carbocycles. The van der Waals surface area contributed by atoms with Gasteiger partial charge in [0.15, 0.2) is 16.8 Å². The number of carbonyl (C=O) groups is 1. The molecular weight excluding hydrogens is 330 g/mol. The van der Waals surface area contributed by atoms with Gasteiger partial charge < -0.3 is 4.57 Å². The number of Topliss-reactive ketones (excluding diaryl/α,β-unsaturated/α-hetero) is 1. The van der Waals surface area contributed by atoms with E-state index in [1.54, 1.807) is 0 Å². The summed E-state index contributed by atoms with van der Waals surface area (Å²) in [5.74, 6) is 0.909. The molecule has 0 N–H and O–H groups in total. The first-order valence-electron chi connectivity index (χ1n) is 8.34. The number of thioether (sulfide) groups is 1. The van der Waals surface area contributed by atoms with Crippen molar-refractivity contribution in [1.82, 2.24) is 14.8 Å². The van der Waals surface area contributed by atoms with E-state index in [1.165, 1.54) is 17.3 Å². The van der Waals surface area contributed by atoms with E-state index in [0.717, 1.165) is 28.5 Å². The lowest BCUT2D eigenvalue weighted by molar-refractivity contribution is 0.0994. The highest BCUT2D eigenvalue weighted by Crippen LogP contribution is 2.27. The van der Waals surface area contributed by atoms with Crippen LogP contribution in [0.1, 0.15) is 29.8 Å². The van der Waals surface area contributed by atoms with E-state index in [-0.39, 0.29) is 11.0 Å². The molecule has 25 heavy (non-hydrogen) atoms. The zero-order valence-electron chi connectivity index (χ0n) is 14.6. The van der Waals surface area contributed by atoms with Crippen molar-refractivity contribution in [3.8, 4) is 11.4 Å². The number of benzene rings is 2. The molecule has 0 radical (unpaired) electrons. The van der Waals surface area contributed by atoms with Crippen molar-refractivity contribution < 1.29 is 4.79 Å². The van der Waals surface area contributed by atoms with Crippen LogP contribution in [0, 0.1) is 0 Å². The molecule has 0 fully saturated rings. The monoisotopic (exact) mass is 351 g/mol. The minimum atomic E-state index is -0.223. The normalized spacial score (nSPS) is 12.1. The van der Waals surface area contributed by atoms with Crippen molar-refractivity contribution in [3.05, 3.63) is 65.7 Å². The zero-order chi connectivity index (χ0) is 17.8. The van der Waals surface area contributed by atoms with E-state index in [1.807, 2.05) is 73.1 Å². The summed E-state index contributed by atoms with van der Waals surface area (Å²) in [4.78, 5) is 12.7. The van der Waals surface area contributed by atoms with Gasteiger partial charge in [0, 0.05) is 18.2 Å². The smallest absolute Gasteiger partial charge is 0.191 e. The van der Waals surface area contributed by atoms with Crippen molar-refractivity contribution in [1.29, 1.82) is 0 Å². The second-order valence-corrected chi connectivity index (χ2v) is 7.21. The van der Waals surface area contributed by atoms with Crippen molar-refractivity contribution in [3.63, 3.8) is 0 Å². The number of ketones is 1. The van der Waals surface area contributed by atoms with E-state index < -0.39 is 0 Å². The highest BCUT2D eigenvalue weighted by molar-refractivity contribution is 8.00. The van der Waals surface area contributed by atoms with Gasteiger partial charge in [0.05, 0.1) is 5.25 Å². The summed E-state index contributed by atoms with van der Waals surface area (Å²) in [6.45, 7) is 4.02. The van der Waals surface area contributed by atoms with E-state index in [9.17, 15) is 4.79 Å². The molecule has 0 amide bonds. The van der Waals surface area contributed by atoms with Crippen LogP contribution in [0.3, 0.4) is 0 Å². The molecule has 0 saturated carbocycles. The molecule has 4 nitrogen and oxygen atoms in total. The van der Waals surface area contributed by atoms with Gasteiger partial charge in [-0.3, -0.25) is 4.79 Å². The van der Waals surface area contributed by atoms with Crippen LogP contribution in [0.15, 0.2) is 59.8 Å². The van der Waals surface area contributed by atoms with Crippen LogP contribution in [0.4, 0.5) is 0 Å². The molecule has 1 atom stereocenters. The van der Waals surface area contributed by atoms with Crippen LogP contribution < -0.4 is 0 Å². The van der Waals surface area contributed by atoms with Crippen molar-refractivity contribution in [2.75, 3.05) is 0 Å². The van der Waals surface area contributed by atoms with E-state index >= 15 is 0 Å². The van der Waals surface area contributed by atoms with E-state index in [2.05, 4.69) is 17.1 Å². The molecule has 5 heteroatoms. The predicted molar refractivity (Wildman–Crippen MR) is 102 cm³/mol. The standard InChI is InChI=1S/C20H21N3OS/c1-4-15-10-12-16(13-11-15)18(24)14(2)25-20-22-21-19(23(20)3)17-8-6-5-7-9-17/h5-14H,4H2,1-3H3. The van der Waals surface area contributed by atoms with Gasteiger partial charge in [-0.05, 0) is 18.9 Å². The lowest BCUT2D eigenvalue weighted by Crippen LogP contribution is -2.14. The van der Waals surface area contributed by atoms with Gasteiger partial charge >= 0.3 is 0 Å². The minimum Gasteiger partial charge on any atom is -0.305 e. The lowest BCUT2D eigenvalue weighted by Gasteiger charge is -2.10. The SMILES string of the molecule is CCc1ccc(C(=O)C(C)Sc2nnc(-c3ccccc3)n2C)cc1. The average Bonchev–Trinajstić information content (AvgIpc) is 3.02. The molecule has 0 saturated heterocycles. The summed E-state index contributed by atoms with van der Waals surface area (Å²) >= 11 is 1.44. The largest absolute Gasteiger partial charge is 0.305 e. The fourth-order valence-corrected chi connectivity index (χ4v) is 3.50. The molecule has 0 aliphatic heterocycles. The van der Waals surface area contributed by atoms with Crippen LogP contribution >= 0.6 is 11.8 Å². The Bertz CT molecular complexity index is 856. The number of aromatic nitrogens is 3. The first-order chi connectivity index (χ1) is 12.1. The predicted octanol–water partition coefficient (Wildman–Crippen LogP) is 4.41. The number of carbonyl (C=O) groups excluding carboxylic acids is 1. The third kappa shape index (κ3) is 3.82. The van der Waals surface area contributed by atoms with Gasteiger partial charge in [-0.2, -0.15) is 0 Å². The summed E-state index contributed by atoms with van der Waals surface area (Å²) in [7, 11) is 1.93. The Hall–Kier alpha value is -2.40. The Morgan fingerprint density at radius 3 is 2.40 bits per heavy atom. The van der Waals surface area contributed by atoms with Crippen LogP contribution in [0.2, 0.25) is 0 Å². The Balaban J connectivity index is 1.75. The molecule has 0 bridgehead atoms. The summed E-state index contributed by atoms with van der Waals surface area (Å²) in [5.41, 5.74) is 2.98. The molecule has 0 aliphatic carbocycles. The molecule has 3 rings (SSSR count). The van der Waals surface area contributed by atoms with Gasteiger partial charge in [0.2, 0.25) is 0 Å². The first-order valence-corrected chi connectivity index (χ1v) is 9.22. The van der Waals surface area contributed by atoms with Gasteiger partial charge in [-0.15, -0.1) is 10.2 Å². The Labute approximate surface area is 152 Å². The van der Waals surface area contributed by atoms with E-state index in [0.29, 0.717) is 0 Å². The number of hydrogen-bond donors (Lipinski definition) is 0. The quantitative estimate of drug-likeness (QED) is 0.487. The highest BCUT2D eigenvalue weighted by atomic mass is 32.2. The Kier molecular flexibility index (Phi) is 5.34. The van der Waals surface area contributed by atoms with Crippen LogP contribution in [-0.4, -0.2) is 25.8 Å². The molecule has 0 aliphatic rings. The molecular formula is C20H21N3OS. The second-order valence-electron chi connectivity index (χ2n) is 5.91. The lowest BCUT2D eigenvalue weighted by atomic mass is 10.1. The Morgan fingerprint density at radius 1 is 1.08 bits per heavy atom. The summed E-state index contributed by atoms with van der Waals surface area (Å²) in [5, 5.41) is 9.05. The maximum Gasteiger partial charge on any atom is 0.191 e. The maximum absolute atomic E-state index is 12.7. The molecule has 128 valence electrons. The fourth-order valence-electron chi connectivity index (χ4n) is 2.61. The Morgan fingerprint density at radius 2 is 1.76 bits per heavy atom. The number of nitrogens with zero attached hydrogens (tertiary/aromatic N) is 3. The minimum absolute atomic E-state index is 0.108. The molecule has 3 aromatic rings. The van der Waals surface area contributed by atoms with Crippen LogP contribution in [-0.2, 0) is 13.5 Å². The molecule has 0 spiro atoms. The van der Waals surface area contributed by atoms with Crippen molar-refractivity contribution >= 4 is 17.5 Å². The summed E-state index contributed by atoms with van der Waals surface area (Å²) in [6.07, 6.45) is 0.972. The van der Waals surface area contributed by atoms with Gasteiger partial charge in [0.1, 0.15) is 0 Å². The topological polar surface area (TPSA) is 47.8 Å². The van der Waals surface area contributed by atoms with Crippen LogP contribution in [0.25, 0.3) is 11.4 Å². The zero-order valence-corrected chi connectivity index (χ0v) is 15.5. The number of rotatable bonds is 6. The van der Waals surface area contributed by atoms with Crippen molar-refractivity contribution in [2.45, 2.75) is 30.7 Å². The first kappa shape index (κ1) is 17.4. The third-order valence-electron chi connectivity index (χ3n) is 4.17.